The van der Waals surface area contributed by atoms with Crippen molar-refractivity contribution < 1.29 is 10.2 Å². The van der Waals surface area contributed by atoms with Crippen molar-refractivity contribution in [2.45, 2.75) is 43.9 Å². The van der Waals surface area contributed by atoms with Gasteiger partial charge in [0.05, 0.1) is 19.3 Å². The van der Waals surface area contributed by atoms with Crippen molar-refractivity contribution in [3.05, 3.63) is 18.5 Å². The molecule has 0 amide bonds. The molecule has 5 heteroatoms. The molecule has 1 unspecified atom stereocenters. The Morgan fingerprint density at radius 1 is 1.41 bits per heavy atom. The van der Waals surface area contributed by atoms with Gasteiger partial charge in [0.25, 0.3) is 0 Å². The molecule has 3 N–H and O–H groups in total. The highest BCUT2D eigenvalue weighted by Gasteiger charge is 2.32. The first-order chi connectivity index (χ1) is 8.24. The van der Waals surface area contributed by atoms with Crippen LogP contribution in [0.4, 0.5) is 0 Å². The molecule has 96 valence electrons. The summed E-state index contributed by atoms with van der Waals surface area (Å²) in [6.07, 6.45) is 7.37. The van der Waals surface area contributed by atoms with Crippen molar-refractivity contribution in [3.8, 4) is 0 Å². The molecule has 1 heterocycles. The number of aliphatic hydroxyl groups excluding tert-OH is 2. The van der Waals surface area contributed by atoms with Crippen LogP contribution in [0, 0.1) is 0 Å². The lowest BCUT2D eigenvalue weighted by atomic mass is 9.99. The molecule has 1 aromatic rings. The van der Waals surface area contributed by atoms with Gasteiger partial charge in [-0.25, -0.2) is 0 Å². The zero-order chi connectivity index (χ0) is 12.1. The zero-order valence-electron chi connectivity index (χ0n) is 10.0. The number of hydrogen-bond donors (Lipinski definition) is 3. The van der Waals surface area contributed by atoms with E-state index in [2.05, 4.69) is 10.4 Å². The molecule has 1 aliphatic carbocycles. The number of nitrogens with one attached hydrogen (secondary N) is 1. The van der Waals surface area contributed by atoms with Crippen molar-refractivity contribution in [3.63, 3.8) is 0 Å². The molecule has 17 heavy (non-hydrogen) atoms. The van der Waals surface area contributed by atoms with Crippen LogP contribution in [0.3, 0.4) is 0 Å². The second-order valence-electron chi connectivity index (χ2n) is 4.91. The number of aliphatic hydroxyl groups is 2. The van der Waals surface area contributed by atoms with Crippen LogP contribution in [0.25, 0.3) is 0 Å². The Morgan fingerprint density at radius 3 is 2.76 bits per heavy atom. The van der Waals surface area contributed by atoms with E-state index < -0.39 is 6.10 Å². The summed E-state index contributed by atoms with van der Waals surface area (Å²) in [5.74, 6) is 0. The minimum atomic E-state index is -0.473. The maximum Gasteiger partial charge on any atom is 0.0860 e. The Morgan fingerprint density at radius 2 is 2.18 bits per heavy atom. The van der Waals surface area contributed by atoms with E-state index in [9.17, 15) is 10.2 Å². The van der Waals surface area contributed by atoms with Crippen LogP contribution in [0.15, 0.2) is 18.5 Å². The summed E-state index contributed by atoms with van der Waals surface area (Å²) in [7, 11) is 0. The van der Waals surface area contributed by atoms with Crippen LogP contribution in [-0.4, -0.2) is 44.8 Å². The molecule has 0 aromatic carbocycles. The fraction of sp³-hybridized carbons (Fsp3) is 0.750. The Kier molecular flexibility index (Phi) is 4.15. The molecule has 0 bridgehead atoms. The predicted octanol–water partition coefficient (Wildman–Crippen LogP) is 0.139. The van der Waals surface area contributed by atoms with Gasteiger partial charge >= 0.3 is 0 Å². The van der Waals surface area contributed by atoms with E-state index in [1.54, 1.807) is 10.9 Å². The molecule has 0 aliphatic heterocycles. The van der Waals surface area contributed by atoms with Gasteiger partial charge in [-0.2, -0.15) is 5.10 Å². The molecule has 1 fully saturated rings. The average Bonchev–Trinajstić information content (AvgIpc) is 2.98. The minimum Gasteiger partial charge on any atom is -0.394 e. The summed E-state index contributed by atoms with van der Waals surface area (Å²) in [6.45, 7) is 1.14. The van der Waals surface area contributed by atoms with Crippen LogP contribution in [0.2, 0.25) is 0 Å². The number of rotatable bonds is 6. The Balaban J connectivity index is 1.77. The van der Waals surface area contributed by atoms with Crippen molar-refractivity contribution in [1.29, 1.82) is 0 Å². The molecule has 2 rings (SSSR count). The highest BCUT2D eigenvalue weighted by atomic mass is 16.3. The van der Waals surface area contributed by atoms with E-state index >= 15 is 0 Å². The number of aromatic nitrogens is 2. The van der Waals surface area contributed by atoms with Crippen LogP contribution in [0.5, 0.6) is 0 Å². The van der Waals surface area contributed by atoms with E-state index in [-0.39, 0.29) is 12.1 Å². The third-order valence-corrected chi connectivity index (χ3v) is 3.53. The lowest BCUT2D eigenvalue weighted by Gasteiger charge is -2.29. The van der Waals surface area contributed by atoms with Gasteiger partial charge in [-0.15, -0.1) is 0 Å². The zero-order valence-corrected chi connectivity index (χ0v) is 10.0. The fourth-order valence-corrected chi connectivity index (χ4v) is 2.47. The molecule has 0 saturated heterocycles. The number of nitrogens with zero attached hydrogens (tertiary/aromatic N) is 2. The Labute approximate surface area is 101 Å². The summed E-state index contributed by atoms with van der Waals surface area (Å²) in [4.78, 5) is 0. The Bertz CT molecular complexity index is 321. The highest BCUT2D eigenvalue weighted by molar-refractivity contribution is 4.92. The van der Waals surface area contributed by atoms with Crippen molar-refractivity contribution in [2.75, 3.05) is 13.2 Å². The lowest BCUT2D eigenvalue weighted by molar-refractivity contribution is 0.109. The standard InChI is InChI=1S/C12H21N3O2/c16-10-12(4-1-2-5-12)13-8-11(17)9-15-7-3-6-14-15/h3,6-7,11,13,16-17H,1-2,4-5,8-10H2. The van der Waals surface area contributed by atoms with E-state index in [4.69, 9.17) is 0 Å². The maximum atomic E-state index is 9.89. The van der Waals surface area contributed by atoms with Gasteiger partial charge in [0, 0.05) is 24.5 Å². The van der Waals surface area contributed by atoms with E-state index in [0.29, 0.717) is 13.1 Å². The average molecular weight is 239 g/mol. The quantitative estimate of drug-likeness (QED) is 0.660. The van der Waals surface area contributed by atoms with Crippen LogP contribution < -0.4 is 5.32 Å². The largest absolute Gasteiger partial charge is 0.394 e. The maximum absolute atomic E-state index is 9.89. The van der Waals surface area contributed by atoms with Crippen molar-refractivity contribution >= 4 is 0 Å². The molecule has 1 aliphatic rings. The van der Waals surface area contributed by atoms with Gasteiger partial charge in [0.2, 0.25) is 0 Å². The molecular weight excluding hydrogens is 218 g/mol. The molecule has 1 atom stereocenters. The summed E-state index contributed by atoms with van der Waals surface area (Å²) in [5, 5.41) is 26.7. The Hall–Kier alpha value is -0.910. The monoisotopic (exact) mass is 239 g/mol. The van der Waals surface area contributed by atoms with Gasteiger partial charge in [-0.3, -0.25) is 4.68 Å². The first kappa shape index (κ1) is 12.5. The summed E-state index contributed by atoms with van der Waals surface area (Å²) < 4.78 is 1.71. The van der Waals surface area contributed by atoms with E-state index in [1.165, 1.54) is 0 Å². The number of hydrogen-bond acceptors (Lipinski definition) is 4. The predicted molar refractivity (Wildman–Crippen MR) is 64.5 cm³/mol. The lowest BCUT2D eigenvalue weighted by Crippen LogP contribution is -2.49. The molecule has 1 saturated carbocycles. The number of β-amino-alcohol motifs (C(OH)–C–C–N with tert-alkyl or cyclic N) is 1. The van der Waals surface area contributed by atoms with E-state index in [0.717, 1.165) is 25.7 Å². The molecule has 5 nitrogen and oxygen atoms in total. The minimum absolute atomic E-state index is 0.154. The van der Waals surface area contributed by atoms with Crippen LogP contribution in [0.1, 0.15) is 25.7 Å². The topological polar surface area (TPSA) is 70.3 Å². The van der Waals surface area contributed by atoms with Gasteiger partial charge in [0.1, 0.15) is 0 Å². The van der Waals surface area contributed by atoms with Crippen LogP contribution >= 0.6 is 0 Å². The molecular formula is C12H21N3O2. The first-order valence-corrected chi connectivity index (χ1v) is 6.25. The van der Waals surface area contributed by atoms with Gasteiger partial charge in [-0.1, -0.05) is 12.8 Å². The summed E-state index contributed by atoms with van der Waals surface area (Å²) >= 11 is 0. The highest BCUT2D eigenvalue weighted by Crippen LogP contribution is 2.28. The molecule has 1 aromatic heterocycles. The SMILES string of the molecule is OCC1(NCC(O)Cn2cccn2)CCCC1. The third kappa shape index (κ3) is 3.28. The second-order valence-corrected chi connectivity index (χ2v) is 4.91. The van der Waals surface area contributed by atoms with Gasteiger partial charge in [0.15, 0.2) is 0 Å². The van der Waals surface area contributed by atoms with Gasteiger partial charge in [-0.05, 0) is 18.9 Å². The smallest absolute Gasteiger partial charge is 0.0860 e. The van der Waals surface area contributed by atoms with E-state index in [1.807, 2.05) is 12.3 Å². The third-order valence-electron chi connectivity index (χ3n) is 3.53. The van der Waals surface area contributed by atoms with Crippen molar-refractivity contribution in [2.24, 2.45) is 0 Å². The van der Waals surface area contributed by atoms with Gasteiger partial charge < -0.3 is 15.5 Å². The molecule has 0 spiro atoms. The fourth-order valence-electron chi connectivity index (χ4n) is 2.47. The first-order valence-electron chi connectivity index (χ1n) is 6.25. The molecule has 0 radical (unpaired) electrons. The normalized spacial score (nSPS) is 20.6. The van der Waals surface area contributed by atoms with Crippen molar-refractivity contribution in [1.82, 2.24) is 15.1 Å². The second kappa shape index (κ2) is 5.62. The summed E-state index contributed by atoms with van der Waals surface area (Å²) in [5.41, 5.74) is -0.162. The summed E-state index contributed by atoms with van der Waals surface area (Å²) in [6, 6.07) is 1.84. The van der Waals surface area contributed by atoms with Crippen LogP contribution in [-0.2, 0) is 6.54 Å².